The van der Waals surface area contributed by atoms with E-state index in [4.69, 9.17) is 10.3 Å². The van der Waals surface area contributed by atoms with Gasteiger partial charge in [0.2, 0.25) is 15.9 Å². The summed E-state index contributed by atoms with van der Waals surface area (Å²) in [6, 6.07) is 4.64. The van der Waals surface area contributed by atoms with Gasteiger partial charge in [-0.05, 0) is 37.1 Å². The molecule has 144 valence electrons. The second kappa shape index (κ2) is 8.87. The number of nitrogens with one attached hydrogen (secondary N) is 1. The molecule has 26 heavy (non-hydrogen) atoms. The Kier molecular flexibility index (Phi) is 7.07. The van der Waals surface area contributed by atoms with Crippen LogP contribution in [0, 0.1) is 5.82 Å². The Morgan fingerprint density at radius 1 is 1.27 bits per heavy atom. The topological polar surface area (TPSA) is 114 Å². The van der Waals surface area contributed by atoms with Gasteiger partial charge in [-0.2, -0.15) is 4.98 Å². The predicted molar refractivity (Wildman–Crippen MR) is 94.5 cm³/mol. The molecule has 11 heteroatoms. The number of piperidine rings is 1. The first-order chi connectivity index (χ1) is 12.0. The van der Waals surface area contributed by atoms with Crippen LogP contribution in [0.4, 0.5) is 4.39 Å². The summed E-state index contributed by atoms with van der Waals surface area (Å²) >= 11 is 0. The average molecular weight is 406 g/mol. The van der Waals surface area contributed by atoms with Gasteiger partial charge in [-0.1, -0.05) is 5.16 Å². The van der Waals surface area contributed by atoms with Gasteiger partial charge in [0.25, 0.3) is 0 Å². The lowest BCUT2D eigenvalue weighted by Crippen LogP contribution is -2.44. The van der Waals surface area contributed by atoms with Crippen LogP contribution in [0.1, 0.15) is 24.6 Å². The van der Waals surface area contributed by atoms with Gasteiger partial charge in [-0.3, -0.25) is 4.90 Å². The minimum absolute atomic E-state index is 0. The van der Waals surface area contributed by atoms with Crippen molar-refractivity contribution in [1.82, 2.24) is 19.8 Å². The minimum Gasteiger partial charge on any atom is -0.338 e. The number of hydrogen-bond donors (Lipinski definition) is 2. The normalized spacial score (nSPS) is 16.4. The Morgan fingerprint density at radius 3 is 2.50 bits per heavy atom. The van der Waals surface area contributed by atoms with E-state index in [1.54, 1.807) is 0 Å². The van der Waals surface area contributed by atoms with Crippen molar-refractivity contribution in [3.05, 3.63) is 41.8 Å². The summed E-state index contributed by atoms with van der Waals surface area (Å²) in [6.07, 6.45) is 1.34. The van der Waals surface area contributed by atoms with E-state index in [1.165, 1.54) is 12.1 Å². The van der Waals surface area contributed by atoms with Crippen molar-refractivity contribution in [1.29, 1.82) is 0 Å². The largest absolute Gasteiger partial charge is 0.338 e. The molecule has 0 saturated carbocycles. The van der Waals surface area contributed by atoms with Crippen molar-refractivity contribution < 1.29 is 17.3 Å². The average Bonchev–Trinajstić information content (AvgIpc) is 3.04. The molecular weight excluding hydrogens is 385 g/mol. The zero-order valence-corrected chi connectivity index (χ0v) is 15.6. The van der Waals surface area contributed by atoms with Gasteiger partial charge < -0.3 is 10.3 Å². The van der Waals surface area contributed by atoms with Crippen LogP contribution in [0.5, 0.6) is 0 Å². The van der Waals surface area contributed by atoms with Crippen LogP contribution < -0.4 is 10.5 Å². The van der Waals surface area contributed by atoms with Crippen molar-refractivity contribution in [2.75, 3.05) is 13.1 Å². The van der Waals surface area contributed by atoms with E-state index in [9.17, 15) is 12.8 Å². The van der Waals surface area contributed by atoms with Crippen LogP contribution in [0.3, 0.4) is 0 Å². The molecule has 0 radical (unpaired) electrons. The number of hydrogen-bond acceptors (Lipinski definition) is 7. The van der Waals surface area contributed by atoms with E-state index in [0.717, 1.165) is 12.1 Å². The highest BCUT2D eigenvalue weighted by atomic mass is 35.5. The van der Waals surface area contributed by atoms with Gasteiger partial charge in [0.1, 0.15) is 5.82 Å². The lowest BCUT2D eigenvalue weighted by atomic mass is 10.1. The van der Waals surface area contributed by atoms with E-state index in [0.29, 0.717) is 44.2 Å². The molecule has 0 atom stereocenters. The first kappa shape index (κ1) is 20.7. The zero-order chi connectivity index (χ0) is 17.9. The second-order valence-electron chi connectivity index (χ2n) is 5.93. The smallest absolute Gasteiger partial charge is 0.240 e. The quantitative estimate of drug-likeness (QED) is 0.737. The highest BCUT2D eigenvalue weighted by Crippen LogP contribution is 2.16. The summed E-state index contributed by atoms with van der Waals surface area (Å²) in [5.74, 6) is 0.509. The van der Waals surface area contributed by atoms with Crippen LogP contribution in [-0.2, 0) is 23.1 Å². The molecule has 8 nitrogen and oxygen atoms in total. The molecule has 0 spiro atoms. The van der Waals surface area contributed by atoms with Crippen molar-refractivity contribution in [3.63, 3.8) is 0 Å². The van der Waals surface area contributed by atoms with Gasteiger partial charge in [0, 0.05) is 19.1 Å². The summed E-state index contributed by atoms with van der Waals surface area (Å²) in [5.41, 5.74) is 5.43. The third-order valence-corrected chi connectivity index (χ3v) is 5.62. The molecule has 1 aliphatic rings. The summed E-state index contributed by atoms with van der Waals surface area (Å²) in [4.78, 5) is 6.36. The fourth-order valence-corrected chi connectivity index (χ4v) is 4.05. The number of sulfonamides is 1. The molecule has 1 aliphatic heterocycles. The Hall–Kier alpha value is -1.59. The van der Waals surface area contributed by atoms with Gasteiger partial charge in [-0.15, -0.1) is 12.4 Å². The molecule has 0 unspecified atom stereocenters. The molecule has 1 aromatic carbocycles. The van der Waals surface area contributed by atoms with Crippen molar-refractivity contribution in [3.8, 4) is 0 Å². The molecule has 3 rings (SSSR count). The summed E-state index contributed by atoms with van der Waals surface area (Å²) < 4.78 is 45.2. The zero-order valence-electron chi connectivity index (χ0n) is 14.0. The van der Waals surface area contributed by atoms with E-state index in [1.807, 2.05) is 0 Å². The molecule has 3 N–H and O–H groups in total. The second-order valence-corrected chi connectivity index (χ2v) is 7.65. The minimum atomic E-state index is -3.64. The number of nitrogens with two attached hydrogens (primary N) is 1. The van der Waals surface area contributed by atoms with E-state index < -0.39 is 15.8 Å². The molecule has 0 aliphatic carbocycles. The monoisotopic (exact) mass is 405 g/mol. The summed E-state index contributed by atoms with van der Waals surface area (Å²) in [6.45, 7) is 2.17. The Morgan fingerprint density at radius 2 is 1.92 bits per heavy atom. The molecule has 2 heterocycles. The molecule has 1 fully saturated rings. The first-order valence-corrected chi connectivity index (χ1v) is 9.46. The standard InChI is InChI=1S/C15H20FN5O3S.ClH/c16-11-1-3-13(4-2-11)25(22,23)20-12-5-7-21(8-6-12)10-14-18-15(9-17)24-19-14;/h1-4,12,20H,5-10,17H2;1H. The Balaban J connectivity index is 0.00000243. The highest BCUT2D eigenvalue weighted by Gasteiger charge is 2.25. The third-order valence-electron chi connectivity index (χ3n) is 4.08. The van der Waals surface area contributed by atoms with Crippen LogP contribution in [0.25, 0.3) is 0 Å². The van der Waals surface area contributed by atoms with Gasteiger partial charge in [0.15, 0.2) is 5.82 Å². The maximum atomic E-state index is 12.9. The van der Waals surface area contributed by atoms with Gasteiger partial charge in [-0.25, -0.2) is 17.5 Å². The number of benzene rings is 1. The summed E-state index contributed by atoms with van der Waals surface area (Å²) in [5, 5.41) is 3.86. The molecule has 2 aromatic rings. The molecule has 0 amide bonds. The van der Waals surface area contributed by atoms with Gasteiger partial charge in [0.05, 0.1) is 18.0 Å². The predicted octanol–water partition coefficient (Wildman–Crippen LogP) is 1.03. The lowest BCUT2D eigenvalue weighted by Gasteiger charge is -2.31. The van der Waals surface area contributed by atoms with E-state index >= 15 is 0 Å². The number of likely N-dealkylation sites (tertiary alicyclic amines) is 1. The van der Waals surface area contributed by atoms with Crippen LogP contribution >= 0.6 is 12.4 Å². The van der Waals surface area contributed by atoms with Crippen LogP contribution in [0.2, 0.25) is 0 Å². The molecule has 0 bridgehead atoms. The van der Waals surface area contributed by atoms with Crippen molar-refractivity contribution in [2.45, 2.75) is 36.9 Å². The highest BCUT2D eigenvalue weighted by molar-refractivity contribution is 7.89. The maximum Gasteiger partial charge on any atom is 0.240 e. The lowest BCUT2D eigenvalue weighted by molar-refractivity contribution is 0.193. The van der Waals surface area contributed by atoms with Crippen LogP contribution in [0.15, 0.2) is 33.7 Å². The summed E-state index contributed by atoms with van der Waals surface area (Å²) in [7, 11) is -3.64. The number of aromatic nitrogens is 2. The molecular formula is C15H21ClFN5O3S. The fourth-order valence-electron chi connectivity index (χ4n) is 2.75. The third kappa shape index (κ3) is 5.21. The number of halogens is 2. The fraction of sp³-hybridized carbons (Fsp3) is 0.467. The van der Waals surface area contributed by atoms with Gasteiger partial charge >= 0.3 is 0 Å². The first-order valence-electron chi connectivity index (χ1n) is 7.98. The van der Waals surface area contributed by atoms with Crippen LogP contribution in [-0.4, -0.2) is 42.6 Å². The SMILES string of the molecule is Cl.NCc1nc(CN2CCC(NS(=O)(=O)c3ccc(F)cc3)CC2)no1. The van der Waals surface area contributed by atoms with E-state index in [-0.39, 0.29) is 29.9 Å². The van der Waals surface area contributed by atoms with Crippen molar-refractivity contribution >= 4 is 22.4 Å². The molecule has 1 aromatic heterocycles. The Labute approximate surface area is 157 Å². The molecule has 1 saturated heterocycles. The number of nitrogens with zero attached hydrogens (tertiary/aromatic N) is 3. The Bertz CT molecular complexity index is 807. The number of rotatable bonds is 6. The maximum absolute atomic E-state index is 12.9. The van der Waals surface area contributed by atoms with E-state index in [2.05, 4.69) is 19.8 Å². The van der Waals surface area contributed by atoms with Crippen molar-refractivity contribution in [2.24, 2.45) is 5.73 Å².